The molecule has 0 bridgehead atoms. The molecule has 1 amide bonds. The molecular weight excluding hydrogens is 454 g/mol. The number of nitrogens with one attached hydrogen (secondary N) is 1. The van der Waals surface area contributed by atoms with Crippen LogP contribution < -0.4 is 5.32 Å². The van der Waals surface area contributed by atoms with Crippen LogP contribution in [0.25, 0.3) is 0 Å². The third-order valence-corrected chi connectivity index (χ3v) is 8.65. The highest BCUT2D eigenvalue weighted by Crippen LogP contribution is 2.45. The quantitative estimate of drug-likeness (QED) is 0.342. The lowest BCUT2D eigenvalue weighted by atomic mass is 9.65. The van der Waals surface area contributed by atoms with Gasteiger partial charge in [0, 0.05) is 12.0 Å². The SMILES string of the molecule is CCC(C)C(=O)OC1CC(C)C=C2C=CC(C)C(CCC(O)CC(O)CC(=O)NC3CCCCC3)C21. The second kappa shape index (κ2) is 13.8. The summed E-state index contributed by atoms with van der Waals surface area (Å²) in [5.41, 5.74) is 1.24. The van der Waals surface area contributed by atoms with E-state index in [1.165, 1.54) is 12.0 Å². The summed E-state index contributed by atoms with van der Waals surface area (Å²) in [7, 11) is 0. The molecule has 0 spiro atoms. The van der Waals surface area contributed by atoms with Gasteiger partial charge in [-0.15, -0.1) is 0 Å². The third-order valence-electron chi connectivity index (χ3n) is 8.65. The van der Waals surface area contributed by atoms with Crippen LogP contribution in [0.3, 0.4) is 0 Å². The number of aliphatic hydroxyl groups excluding tert-OH is 2. The molecule has 0 heterocycles. The van der Waals surface area contributed by atoms with Crippen LogP contribution in [0.1, 0.15) is 98.3 Å². The number of carbonyl (C=O) groups is 2. The van der Waals surface area contributed by atoms with Gasteiger partial charge in [0.1, 0.15) is 6.10 Å². The van der Waals surface area contributed by atoms with Crippen LogP contribution in [-0.4, -0.2) is 46.4 Å². The minimum atomic E-state index is -0.845. The number of rotatable bonds is 11. The van der Waals surface area contributed by atoms with Crippen molar-refractivity contribution in [3.8, 4) is 0 Å². The number of carbonyl (C=O) groups excluding carboxylic acids is 2. The molecule has 0 aliphatic heterocycles. The second-order valence-corrected chi connectivity index (χ2v) is 11.8. The third kappa shape index (κ3) is 8.17. The van der Waals surface area contributed by atoms with Crippen molar-refractivity contribution in [1.29, 1.82) is 0 Å². The molecule has 0 aromatic carbocycles. The number of aliphatic hydroxyl groups is 2. The van der Waals surface area contributed by atoms with E-state index in [4.69, 9.17) is 4.74 Å². The highest BCUT2D eigenvalue weighted by molar-refractivity contribution is 5.76. The van der Waals surface area contributed by atoms with Gasteiger partial charge in [0.25, 0.3) is 0 Å². The predicted octanol–water partition coefficient (Wildman–Crippen LogP) is 5.08. The summed E-state index contributed by atoms with van der Waals surface area (Å²) in [6.07, 6.45) is 13.8. The van der Waals surface area contributed by atoms with Crippen molar-refractivity contribution < 1.29 is 24.5 Å². The number of fused-ring (bicyclic) bond motifs is 1. The molecule has 8 unspecified atom stereocenters. The van der Waals surface area contributed by atoms with Crippen molar-refractivity contribution in [2.75, 3.05) is 0 Å². The van der Waals surface area contributed by atoms with E-state index in [1.54, 1.807) is 0 Å². The Bertz CT molecular complexity index is 786. The van der Waals surface area contributed by atoms with Gasteiger partial charge in [0.15, 0.2) is 0 Å². The van der Waals surface area contributed by atoms with Gasteiger partial charge in [-0.3, -0.25) is 9.59 Å². The van der Waals surface area contributed by atoms with E-state index in [0.29, 0.717) is 18.3 Å². The van der Waals surface area contributed by atoms with E-state index < -0.39 is 12.2 Å². The molecular formula is C30H49NO5. The van der Waals surface area contributed by atoms with E-state index in [2.05, 4.69) is 37.4 Å². The number of allylic oxidation sites excluding steroid dienone is 3. The molecule has 3 aliphatic carbocycles. The van der Waals surface area contributed by atoms with E-state index in [1.807, 2.05) is 13.8 Å². The molecule has 3 rings (SSSR count). The average molecular weight is 504 g/mol. The number of hydrogen-bond donors (Lipinski definition) is 3. The normalized spacial score (nSPS) is 31.1. The fourth-order valence-electron chi connectivity index (χ4n) is 6.30. The minimum absolute atomic E-state index is 0.0389. The Morgan fingerprint density at radius 1 is 1.14 bits per heavy atom. The topological polar surface area (TPSA) is 95.9 Å². The predicted molar refractivity (Wildman–Crippen MR) is 142 cm³/mol. The van der Waals surface area contributed by atoms with Gasteiger partial charge in [-0.05, 0) is 68.3 Å². The molecule has 0 aromatic rings. The summed E-state index contributed by atoms with van der Waals surface area (Å²) in [5.74, 6) is 0.700. The Kier molecular flexibility index (Phi) is 11.0. The van der Waals surface area contributed by atoms with E-state index >= 15 is 0 Å². The maximum Gasteiger partial charge on any atom is 0.308 e. The summed E-state index contributed by atoms with van der Waals surface area (Å²) in [6, 6.07) is 0.229. The van der Waals surface area contributed by atoms with Crippen LogP contribution in [0.5, 0.6) is 0 Å². The molecule has 6 heteroatoms. The fraction of sp³-hybridized carbons (Fsp3) is 0.800. The zero-order chi connectivity index (χ0) is 26.2. The molecule has 1 saturated carbocycles. The maximum absolute atomic E-state index is 12.7. The Balaban J connectivity index is 1.54. The number of esters is 1. The van der Waals surface area contributed by atoms with E-state index in [-0.39, 0.29) is 54.6 Å². The minimum Gasteiger partial charge on any atom is -0.461 e. The van der Waals surface area contributed by atoms with Gasteiger partial charge >= 0.3 is 5.97 Å². The molecule has 3 aliphatic rings. The summed E-state index contributed by atoms with van der Waals surface area (Å²) in [4.78, 5) is 25.0. The summed E-state index contributed by atoms with van der Waals surface area (Å²) < 4.78 is 6.08. The maximum atomic E-state index is 12.7. The Labute approximate surface area is 218 Å². The lowest BCUT2D eigenvalue weighted by Gasteiger charge is -2.43. The Hall–Kier alpha value is -1.66. The van der Waals surface area contributed by atoms with Gasteiger partial charge in [-0.25, -0.2) is 0 Å². The molecule has 3 N–H and O–H groups in total. The zero-order valence-corrected chi connectivity index (χ0v) is 22.8. The van der Waals surface area contributed by atoms with Crippen molar-refractivity contribution in [2.24, 2.45) is 29.6 Å². The largest absolute Gasteiger partial charge is 0.461 e. The Morgan fingerprint density at radius 3 is 2.56 bits per heavy atom. The van der Waals surface area contributed by atoms with Crippen LogP contribution in [0.15, 0.2) is 23.8 Å². The fourth-order valence-corrected chi connectivity index (χ4v) is 6.30. The van der Waals surface area contributed by atoms with Gasteiger partial charge in [-0.1, -0.05) is 65.2 Å². The molecule has 0 aromatic heterocycles. The van der Waals surface area contributed by atoms with Gasteiger partial charge in [0.2, 0.25) is 5.91 Å². The number of hydrogen-bond acceptors (Lipinski definition) is 5. The lowest BCUT2D eigenvalue weighted by molar-refractivity contribution is -0.158. The van der Waals surface area contributed by atoms with E-state index in [0.717, 1.165) is 44.9 Å². The first-order valence-electron chi connectivity index (χ1n) is 14.4. The molecule has 0 saturated heterocycles. The molecule has 6 nitrogen and oxygen atoms in total. The van der Waals surface area contributed by atoms with Gasteiger partial charge in [-0.2, -0.15) is 0 Å². The average Bonchev–Trinajstić information content (AvgIpc) is 2.83. The molecule has 36 heavy (non-hydrogen) atoms. The second-order valence-electron chi connectivity index (χ2n) is 11.8. The van der Waals surface area contributed by atoms with Crippen LogP contribution in [0, 0.1) is 29.6 Å². The highest BCUT2D eigenvalue weighted by Gasteiger charge is 2.41. The molecule has 0 radical (unpaired) electrons. The van der Waals surface area contributed by atoms with Crippen molar-refractivity contribution in [3.63, 3.8) is 0 Å². The van der Waals surface area contributed by atoms with Crippen molar-refractivity contribution in [2.45, 2.75) is 123 Å². The van der Waals surface area contributed by atoms with Gasteiger partial charge < -0.3 is 20.3 Å². The first-order chi connectivity index (χ1) is 17.2. The summed E-state index contributed by atoms with van der Waals surface area (Å²) in [5, 5.41) is 24.2. The summed E-state index contributed by atoms with van der Waals surface area (Å²) >= 11 is 0. The van der Waals surface area contributed by atoms with Crippen LogP contribution in [-0.2, 0) is 14.3 Å². The van der Waals surface area contributed by atoms with E-state index in [9.17, 15) is 19.8 Å². The summed E-state index contributed by atoms with van der Waals surface area (Å²) in [6.45, 7) is 8.29. The molecule has 1 fully saturated rings. The number of amides is 1. The Morgan fingerprint density at radius 2 is 1.86 bits per heavy atom. The van der Waals surface area contributed by atoms with Crippen molar-refractivity contribution in [1.82, 2.24) is 5.32 Å². The van der Waals surface area contributed by atoms with Crippen molar-refractivity contribution in [3.05, 3.63) is 23.8 Å². The van der Waals surface area contributed by atoms with Crippen LogP contribution >= 0.6 is 0 Å². The standard InChI is InChI=1S/C30H49NO5/c1-5-20(3)30(35)36-27-16-19(2)15-22-12-11-21(4)26(29(22)27)14-13-24(32)17-25(33)18-28(34)31-23-9-7-6-8-10-23/h11-12,15,19-21,23-27,29,32-33H,5-10,13-14,16-18H2,1-4H3,(H,31,34). The monoisotopic (exact) mass is 503 g/mol. The smallest absolute Gasteiger partial charge is 0.308 e. The van der Waals surface area contributed by atoms with Crippen molar-refractivity contribution >= 4 is 11.9 Å². The molecule has 204 valence electrons. The highest BCUT2D eigenvalue weighted by atomic mass is 16.5. The van der Waals surface area contributed by atoms with Crippen LogP contribution in [0.2, 0.25) is 0 Å². The lowest BCUT2D eigenvalue weighted by Crippen LogP contribution is -2.41. The number of ether oxygens (including phenoxy) is 1. The van der Waals surface area contributed by atoms with Gasteiger partial charge in [0.05, 0.1) is 24.5 Å². The molecule has 8 atom stereocenters. The first-order valence-corrected chi connectivity index (χ1v) is 14.4. The van der Waals surface area contributed by atoms with Crippen LogP contribution in [0.4, 0.5) is 0 Å². The first kappa shape index (κ1) is 28.9. The zero-order valence-electron chi connectivity index (χ0n) is 22.8.